The highest BCUT2D eigenvalue weighted by molar-refractivity contribution is 7.89. The van der Waals surface area contributed by atoms with Gasteiger partial charge >= 0.3 is 0 Å². The second-order valence-electron chi connectivity index (χ2n) is 2.94. The van der Waals surface area contributed by atoms with Crippen LogP contribution in [0.5, 0.6) is 0 Å². The van der Waals surface area contributed by atoms with Crippen LogP contribution in [0, 0.1) is 0 Å². The van der Waals surface area contributed by atoms with Gasteiger partial charge in [0, 0.05) is 6.54 Å². The van der Waals surface area contributed by atoms with Crippen molar-refractivity contribution in [1.82, 2.24) is 14.7 Å². The summed E-state index contributed by atoms with van der Waals surface area (Å²) < 4.78 is 24.3. The zero-order chi connectivity index (χ0) is 12.2. The van der Waals surface area contributed by atoms with E-state index < -0.39 is 15.6 Å². The maximum atomic E-state index is 11.1. The number of hydrogen-bond donors (Lipinski definition) is 4. The second kappa shape index (κ2) is 4.94. The van der Waals surface area contributed by atoms with E-state index in [-0.39, 0.29) is 23.8 Å². The lowest BCUT2D eigenvalue weighted by atomic mass is 10.5. The Bertz CT molecular complexity index is 509. The Hall–Kier alpha value is -1.61. The van der Waals surface area contributed by atoms with Gasteiger partial charge in [-0.05, 0) is 7.05 Å². The minimum absolute atomic E-state index is 0.0654. The molecule has 1 aromatic heterocycles. The van der Waals surface area contributed by atoms with Gasteiger partial charge in [0.25, 0.3) is 5.56 Å². The van der Waals surface area contributed by atoms with E-state index in [1.165, 1.54) is 13.4 Å². The molecule has 5 N–H and O–H groups in total. The Labute approximate surface area is 92.3 Å². The molecule has 0 aliphatic carbocycles. The molecule has 1 aromatic rings. The monoisotopic (exact) mass is 247 g/mol. The van der Waals surface area contributed by atoms with Crippen LogP contribution >= 0.6 is 0 Å². The summed E-state index contributed by atoms with van der Waals surface area (Å²) >= 11 is 0. The molecule has 1 heterocycles. The molecule has 0 aliphatic heterocycles. The molecule has 90 valence electrons. The normalized spacial score (nSPS) is 11.3. The van der Waals surface area contributed by atoms with Crippen molar-refractivity contribution in [1.29, 1.82) is 0 Å². The van der Waals surface area contributed by atoms with E-state index in [9.17, 15) is 13.2 Å². The molecule has 1 rings (SSSR count). The lowest BCUT2D eigenvalue weighted by molar-refractivity contribution is 0.588. The first-order chi connectivity index (χ1) is 7.46. The summed E-state index contributed by atoms with van der Waals surface area (Å²) in [4.78, 5) is 17.1. The zero-order valence-electron chi connectivity index (χ0n) is 8.65. The van der Waals surface area contributed by atoms with Gasteiger partial charge in [0.05, 0.1) is 12.1 Å². The number of rotatable bonds is 5. The Balaban J connectivity index is 2.63. The number of nitrogens with one attached hydrogen (secondary N) is 3. The van der Waals surface area contributed by atoms with Gasteiger partial charge < -0.3 is 16.0 Å². The van der Waals surface area contributed by atoms with Crippen LogP contribution in [0.3, 0.4) is 0 Å². The van der Waals surface area contributed by atoms with Crippen molar-refractivity contribution in [2.24, 2.45) is 0 Å². The molecule has 0 radical (unpaired) electrons. The molecular weight excluding hydrogens is 234 g/mol. The predicted molar refractivity (Wildman–Crippen MR) is 60.6 cm³/mol. The average molecular weight is 247 g/mol. The van der Waals surface area contributed by atoms with Crippen molar-refractivity contribution in [3.63, 3.8) is 0 Å². The van der Waals surface area contributed by atoms with Gasteiger partial charge in [-0.2, -0.15) is 0 Å². The number of aromatic amines is 1. The number of nitrogen functional groups attached to an aromatic ring is 1. The van der Waals surface area contributed by atoms with Crippen molar-refractivity contribution >= 4 is 21.5 Å². The van der Waals surface area contributed by atoms with Gasteiger partial charge in [-0.3, -0.25) is 4.79 Å². The van der Waals surface area contributed by atoms with E-state index in [1.807, 2.05) is 0 Å². The van der Waals surface area contributed by atoms with E-state index in [2.05, 4.69) is 20.0 Å². The van der Waals surface area contributed by atoms with Gasteiger partial charge in [-0.25, -0.2) is 18.1 Å². The molecule has 0 fully saturated rings. The molecule has 0 unspecified atom stereocenters. The Morgan fingerprint density at radius 1 is 1.56 bits per heavy atom. The lowest BCUT2D eigenvalue weighted by Crippen LogP contribution is -2.27. The predicted octanol–water partition coefficient (Wildman–Crippen LogP) is -1.69. The summed E-state index contributed by atoms with van der Waals surface area (Å²) in [5.74, 6) is 0.0484. The minimum Gasteiger partial charge on any atom is -0.391 e. The van der Waals surface area contributed by atoms with Crippen LogP contribution in [0.1, 0.15) is 0 Å². The molecule has 0 bridgehead atoms. The maximum absolute atomic E-state index is 11.1. The molecule has 0 aromatic carbocycles. The van der Waals surface area contributed by atoms with Gasteiger partial charge in [0.15, 0.2) is 5.82 Å². The zero-order valence-corrected chi connectivity index (χ0v) is 9.47. The largest absolute Gasteiger partial charge is 0.391 e. The highest BCUT2D eigenvalue weighted by atomic mass is 32.2. The molecular formula is C7H13N5O3S. The quantitative estimate of drug-likeness (QED) is 0.491. The molecule has 0 atom stereocenters. The number of aromatic nitrogens is 2. The van der Waals surface area contributed by atoms with Crippen molar-refractivity contribution in [2.75, 3.05) is 30.4 Å². The van der Waals surface area contributed by atoms with Gasteiger partial charge in [-0.15, -0.1) is 0 Å². The third-order valence-corrected chi connectivity index (χ3v) is 3.23. The topological polar surface area (TPSA) is 130 Å². The van der Waals surface area contributed by atoms with Crippen LogP contribution in [0.2, 0.25) is 0 Å². The smallest absolute Gasteiger partial charge is 0.276 e. The van der Waals surface area contributed by atoms with E-state index in [0.717, 1.165) is 0 Å². The van der Waals surface area contributed by atoms with Gasteiger partial charge in [0.1, 0.15) is 5.69 Å². The highest BCUT2D eigenvalue weighted by Crippen LogP contribution is 2.06. The molecule has 0 saturated heterocycles. The highest BCUT2D eigenvalue weighted by Gasteiger charge is 2.08. The standard InChI is InChI=1S/C7H13N5O3S/c1-9-16(14,15)3-2-10-6-5(8)7(13)12-4-11-6/h4,9H,2-3,8H2,1H3,(H2,10,11,12,13). The van der Waals surface area contributed by atoms with E-state index in [0.29, 0.717) is 0 Å². The first-order valence-corrected chi connectivity index (χ1v) is 6.10. The Kier molecular flexibility index (Phi) is 3.85. The summed E-state index contributed by atoms with van der Waals surface area (Å²) in [6.07, 6.45) is 1.19. The fraction of sp³-hybridized carbons (Fsp3) is 0.429. The van der Waals surface area contributed by atoms with Crippen molar-refractivity contribution in [3.05, 3.63) is 16.7 Å². The van der Waals surface area contributed by atoms with E-state index in [4.69, 9.17) is 5.73 Å². The number of sulfonamides is 1. The Morgan fingerprint density at radius 2 is 2.25 bits per heavy atom. The molecule has 8 nitrogen and oxygen atoms in total. The molecule has 9 heteroatoms. The van der Waals surface area contributed by atoms with Crippen LogP contribution in [0.25, 0.3) is 0 Å². The number of H-pyrrole nitrogens is 1. The third kappa shape index (κ3) is 3.21. The first kappa shape index (κ1) is 12.5. The second-order valence-corrected chi connectivity index (χ2v) is 4.99. The van der Waals surface area contributed by atoms with E-state index in [1.54, 1.807) is 0 Å². The molecule has 16 heavy (non-hydrogen) atoms. The Morgan fingerprint density at radius 3 is 2.88 bits per heavy atom. The number of anilines is 2. The van der Waals surface area contributed by atoms with Crippen LogP contribution < -0.4 is 21.3 Å². The fourth-order valence-corrected chi connectivity index (χ4v) is 1.53. The van der Waals surface area contributed by atoms with Gasteiger partial charge in [-0.1, -0.05) is 0 Å². The molecule has 0 spiro atoms. The third-order valence-electron chi connectivity index (χ3n) is 1.86. The number of hydrogen-bond acceptors (Lipinski definition) is 6. The van der Waals surface area contributed by atoms with Crippen LogP contribution in [-0.2, 0) is 10.0 Å². The molecule has 0 saturated carbocycles. The van der Waals surface area contributed by atoms with Crippen LogP contribution in [0.4, 0.5) is 11.5 Å². The van der Waals surface area contributed by atoms with Crippen molar-refractivity contribution in [3.8, 4) is 0 Å². The number of nitrogens with zero attached hydrogens (tertiary/aromatic N) is 1. The summed E-state index contributed by atoms with van der Waals surface area (Å²) in [5, 5.41) is 2.67. The SMILES string of the molecule is CNS(=O)(=O)CCNc1nc[nH]c(=O)c1N. The number of nitrogens with two attached hydrogens (primary N) is 1. The fourth-order valence-electron chi connectivity index (χ4n) is 0.957. The molecule has 0 amide bonds. The maximum Gasteiger partial charge on any atom is 0.276 e. The van der Waals surface area contributed by atoms with Gasteiger partial charge in [0.2, 0.25) is 10.0 Å². The first-order valence-electron chi connectivity index (χ1n) is 4.44. The molecule has 0 aliphatic rings. The van der Waals surface area contributed by atoms with Crippen molar-refractivity contribution < 1.29 is 8.42 Å². The lowest BCUT2D eigenvalue weighted by Gasteiger charge is -2.06. The average Bonchev–Trinajstić information content (AvgIpc) is 2.24. The summed E-state index contributed by atoms with van der Waals surface area (Å²) in [6, 6.07) is 0. The van der Waals surface area contributed by atoms with E-state index >= 15 is 0 Å². The van der Waals surface area contributed by atoms with Crippen LogP contribution in [-0.4, -0.2) is 37.7 Å². The van der Waals surface area contributed by atoms with Crippen LogP contribution in [0.15, 0.2) is 11.1 Å². The van der Waals surface area contributed by atoms with Crippen molar-refractivity contribution in [2.45, 2.75) is 0 Å². The summed E-state index contributed by atoms with van der Waals surface area (Å²) in [5.41, 5.74) is 4.90. The summed E-state index contributed by atoms with van der Waals surface area (Å²) in [7, 11) is -1.95. The minimum atomic E-state index is -3.28. The summed E-state index contributed by atoms with van der Waals surface area (Å²) in [6.45, 7) is 0.115.